The fraction of sp³-hybridized carbons (Fsp3) is 0.471. The smallest absolute Gasteiger partial charge is 0.109 e. The number of H-pyrrole nitrogens is 1. The van der Waals surface area contributed by atoms with E-state index in [1.807, 2.05) is 0 Å². The van der Waals surface area contributed by atoms with Crippen LogP contribution in [0.2, 0.25) is 0 Å². The molecule has 0 aliphatic heterocycles. The van der Waals surface area contributed by atoms with E-state index in [2.05, 4.69) is 37.0 Å². The van der Waals surface area contributed by atoms with Crippen molar-refractivity contribution in [2.45, 2.75) is 45.4 Å². The van der Waals surface area contributed by atoms with Gasteiger partial charge in [-0.05, 0) is 43.0 Å². The molecule has 0 bridgehead atoms. The highest BCUT2D eigenvalue weighted by Crippen LogP contribution is 2.30. The maximum absolute atomic E-state index is 5.74. The molecule has 1 aliphatic rings. The molecular formula is C17H23N3. The normalized spacial score (nSPS) is 14.0. The minimum atomic E-state index is 0.412. The second kappa shape index (κ2) is 5.41. The first-order valence-corrected chi connectivity index (χ1v) is 7.60. The van der Waals surface area contributed by atoms with E-state index in [0.29, 0.717) is 12.5 Å². The number of nitrogens with one attached hydrogen (secondary N) is 1. The Hall–Kier alpha value is -1.61. The van der Waals surface area contributed by atoms with E-state index in [1.165, 1.54) is 41.6 Å². The monoisotopic (exact) mass is 269 g/mol. The number of aryl methyl sites for hydroxylation is 2. The molecule has 0 unspecified atom stereocenters. The first kappa shape index (κ1) is 13.4. The molecule has 20 heavy (non-hydrogen) atoms. The summed E-state index contributed by atoms with van der Waals surface area (Å²) in [6.45, 7) is 4.98. The molecule has 0 atom stereocenters. The Balaban J connectivity index is 2.03. The second-order valence-electron chi connectivity index (χ2n) is 5.98. The summed E-state index contributed by atoms with van der Waals surface area (Å²) < 4.78 is 0. The van der Waals surface area contributed by atoms with Gasteiger partial charge >= 0.3 is 0 Å². The summed E-state index contributed by atoms with van der Waals surface area (Å²) in [7, 11) is 0. The van der Waals surface area contributed by atoms with Gasteiger partial charge in [0.1, 0.15) is 5.82 Å². The van der Waals surface area contributed by atoms with Gasteiger partial charge in [-0.25, -0.2) is 4.98 Å². The average Bonchev–Trinajstić information content (AvgIpc) is 3.04. The van der Waals surface area contributed by atoms with Crippen molar-refractivity contribution in [2.24, 2.45) is 5.73 Å². The van der Waals surface area contributed by atoms with E-state index in [1.54, 1.807) is 0 Å². The lowest BCUT2D eigenvalue weighted by Crippen LogP contribution is -2.04. The molecule has 0 saturated heterocycles. The minimum Gasteiger partial charge on any atom is -0.345 e. The van der Waals surface area contributed by atoms with E-state index >= 15 is 0 Å². The molecule has 1 aliphatic carbocycles. The molecule has 0 spiro atoms. The topological polar surface area (TPSA) is 54.7 Å². The number of hydrogen-bond acceptors (Lipinski definition) is 2. The molecule has 1 aromatic heterocycles. The van der Waals surface area contributed by atoms with Gasteiger partial charge in [-0.1, -0.05) is 26.0 Å². The quantitative estimate of drug-likeness (QED) is 0.895. The highest BCUT2D eigenvalue weighted by atomic mass is 14.9. The Morgan fingerprint density at radius 2 is 2.05 bits per heavy atom. The van der Waals surface area contributed by atoms with Gasteiger partial charge in [0.15, 0.2) is 0 Å². The van der Waals surface area contributed by atoms with Gasteiger partial charge in [0.05, 0.1) is 5.69 Å². The van der Waals surface area contributed by atoms with E-state index in [0.717, 1.165) is 17.9 Å². The predicted octanol–water partition coefficient (Wildman–Crippen LogP) is 3.19. The van der Waals surface area contributed by atoms with Gasteiger partial charge in [0.2, 0.25) is 0 Å². The Morgan fingerprint density at radius 3 is 2.80 bits per heavy atom. The lowest BCUT2D eigenvalue weighted by Gasteiger charge is -2.05. The number of nitrogens with two attached hydrogens (primary N) is 1. The highest BCUT2D eigenvalue weighted by Gasteiger charge is 2.16. The van der Waals surface area contributed by atoms with Crippen LogP contribution in [0.4, 0.5) is 0 Å². The summed E-state index contributed by atoms with van der Waals surface area (Å²) in [4.78, 5) is 8.27. The van der Waals surface area contributed by atoms with Gasteiger partial charge in [0.25, 0.3) is 0 Å². The molecule has 0 radical (unpaired) electrons. The van der Waals surface area contributed by atoms with Crippen LogP contribution in [0.25, 0.3) is 11.3 Å². The molecule has 106 valence electrons. The number of aromatic nitrogens is 2. The highest BCUT2D eigenvalue weighted by molar-refractivity contribution is 5.64. The molecule has 3 rings (SSSR count). The molecule has 1 aromatic carbocycles. The largest absolute Gasteiger partial charge is 0.345 e. The van der Waals surface area contributed by atoms with Crippen molar-refractivity contribution in [3.8, 4) is 11.3 Å². The van der Waals surface area contributed by atoms with Crippen molar-refractivity contribution < 1.29 is 0 Å². The molecule has 0 fully saturated rings. The number of nitrogens with zero attached hydrogens (tertiary/aromatic N) is 1. The molecule has 1 heterocycles. The molecule has 2 aromatic rings. The fourth-order valence-electron chi connectivity index (χ4n) is 2.99. The zero-order valence-corrected chi connectivity index (χ0v) is 12.4. The number of benzene rings is 1. The van der Waals surface area contributed by atoms with Crippen molar-refractivity contribution in [2.75, 3.05) is 6.54 Å². The Kier molecular flexibility index (Phi) is 3.62. The average molecular weight is 269 g/mol. The van der Waals surface area contributed by atoms with E-state index in [4.69, 9.17) is 10.7 Å². The molecule has 0 saturated carbocycles. The van der Waals surface area contributed by atoms with Crippen LogP contribution in [0, 0.1) is 0 Å². The van der Waals surface area contributed by atoms with Gasteiger partial charge in [-0.2, -0.15) is 0 Å². The standard InChI is InChI=1S/C17H23N3/c1-11(2)17-19-15(8-9-18)16(20-17)14-7-6-12-4-3-5-13(12)10-14/h6-7,10-11H,3-5,8-9,18H2,1-2H3,(H,19,20). The van der Waals surface area contributed by atoms with E-state index in [9.17, 15) is 0 Å². The zero-order valence-electron chi connectivity index (χ0n) is 12.4. The predicted molar refractivity (Wildman–Crippen MR) is 82.9 cm³/mol. The lowest BCUT2D eigenvalue weighted by molar-refractivity contribution is 0.786. The Bertz CT molecular complexity index is 611. The van der Waals surface area contributed by atoms with E-state index in [-0.39, 0.29) is 0 Å². The third-order valence-corrected chi connectivity index (χ3v) is 4.11. The number of fused-ring (bicyclic) bond motifs is 1. The van der Waals surface area contributed by atoms with Crippen LogP contribution in [0.5, 0.6) is 0 Å². The molecular weight excluding hydrogens is 246 g/mol. The maximum Gasteiger partial charge on any atom is 0.109 e. The van der Waals surface area contributed by atoms with Crippen molar-refractivity contribution in [3.05, 3.63) is 40.8 Å². The zero-order chi connectivity index (χ0) is 14.1. The SMILES string of the molecule is CC(C)c1nc(-c2ccc3c(c2)CCC3)c(CCN)[nH]1. The van der Waals surface area contributed by atoms with Crippen molar-refractivity contribution in [1.82, 2.24) is 9.97 Å². The fourth-order valence-corrected chi connectivity index (χ4v) is 2.99. The third kappa shape index (κ3) is 2.38. The molecule has 3 nitrogen and oxygen atoms in total. The number of imidazole rings is 1. The first-order valence-electron chi connectivity index (χ1n) is 7.60. The molecule has 0 amide bonds. The summed E-state index contributed by atoms with van der Waals surface area (Å²) in [5.41, 5.74) is 12.2. The summed E-state index contributed by atoms with van der Waals surface area (Å²) in [6.07, 6.45) is 4.57. The summed E-state index contributed by atoms with van der Waals surface area (Å²) in [6, 6.07) is 6.81. The summed E-state index contributed by atoms with van der Waals surface area (Å²) >= 11 is 0. The second-order valence-corrected chi connectivity index (χ2v) is 5.98. The first-order chi connectivity index (χ1) is 9.69. The van der Waals surface area contributed by atoms with Crippen LogP contribution in [-0.2, 0) is 19.3 Å². The number of aromatic amines is 1. The van der Waals surface area contributed by atoms with Crippen LogP contribution in [0.1, 0.15) is 48.8 Å². The Morgan fingerprint density at radius 1 is 1.25 bits per heavy atom. The van der Waals surface area contributed by atoms with E-state index < -0.39 is 0 Å². The van der Waals surface area contributed by atoms with Crippen LogP contribution in [0.15, 0.2) is 18.2 Å². The van der Waals surface area contributed by atoms with Gasteiger partial charge in [0, 0.05) is 23.6 Å². The van der Waals surface area contributed by atoms with Gasteiger partial charge in [-0.15, -0.1) is 0 Å². The maximum atomic E-state index is 5.74. The van der Waals surface area contributed by atoms with Gasteiger partial charge < -0.3 is 10.7 Å². The Labute approximate surface area is 120 Å². The molecule has 3 heteroatoms. The number of hydrogen-bond donors (Lipinski definition) is 2. The van der Waals surface area contributed by atoms with Crippen molar-refractivity contribution in [1.29, 1.82) is 0 Å². The summed E-state index contributed by atoms with van der Waals surface area (Å²) in [5, 5.41) is 0. The van der Waals surface area contributed by atoms with Crippen molar-refractivity contribution >= 4 is 0 Å². The van der Waals surface area contributed by atoms with Crippen LogP contribution >= 0.6 is 0 Å². The van der Waals surface area contributed by atoms with Crippen LogP contribution in [-0.4, -0.2) is 16.5 Å². The van der Waals surface area contributed by atoms with Crippen LogP contribution < -0.4 is 5.73 Å². The van der Waals surface area contributed by atoms with Gasteiger partial charge in [-0.3, -0.25) is 0 Å². The number of rotatable bonds is 4. The van der Waals surface area contributed by atoms with Crippen molar-refractivity contribution in [3.63, 3.8) is 0 Å². The molecule has 3 N–H and O–H groups in total. The minimum absolute atomic E-state index is 0.412. The van der Waals surface area contributed by atoms with Crippen LogP contribution in [0.3, 0.4) is 0 Å². The third-order valence-electron chi connectivity index (χ3n) is 4.11. The summed E-state index contributed by atoms with van der Waals surface area (Å²) in [5.74, 6) is 1.47. The lowest BCUT2D eigenvalue weighted by atomic mass is 10.0.